The van der Waals surface area contributed by atoms with E-state index in [-0.39, 0.29) is 18.9 Å². The molecule has 0 unspecified atom stereocenters. The van der Waals surface area contributed by atoms with Gasteiger partial charge in [0.15, 0.2) is 0 Å². The summed E-state index contributed by atoms with van der Waals surface area (Å²) in [5.74, 6) is 0.357. The van der Waals surface area contributed by atoms with E-state index in [1.54, 1.807) is 6.08 Å². The average molecular weight is 342 g/mol. The zero-order chi connectivity index (χ0) is 18.4. The Morgan fingerprint density at radius 1 is 1.24 bits per heavy atom. The number of aliphatic imine (C=N–C) groups is 1. The van der Waals surface area contributed by atoms with Crippen molar-refractivity contribution in [2.45, 2.75) is 26.8 Å². The van der Waals surface area contributed by atoms with Gasteiger partial charge in [0.25, 0.3) is 0 Å². The molecule has 6 heteroatoms. The summed E-state index contributed by atoms with van der Waals surface area (Å²) in [6, 6.07) is 8.41. The van der Waals surface area contributed by atoms with Gasteiger partial charge in [-0.2, -0.15) is 0 Å². The van der Waals surface area contributed by atoms with Gasteiger partial charge in [-0.05, 0) is 51.1 Å². The van der Waals surface area contributed by atoms with Gasteiger partial charge in [-0.25, -0.2) is 4.99 Å². The second-order valence-corrected chi connectivity index (χ2v) is 5.99. The van der Waals surface area contributed by atoms with Gasteiger partial charge < -0.3 is 20.5 Å². The molecule has 0 heterocycles. The maximum atomic E-state index is 8.87. The van der Waals surface area contributed by atoms with E-state index >= 15 is 0 Å². The van der Waals surface area contributed by atoms with Crippen LogP contribution in [0, 0.1) is 5.41 Å². The van der Waals surface area contributed by atoms with Crippen LogP contribution < -0.4 is 10.6 Å². The van der Waals surface area contributed by atoms with Crippen LogP contribution in [0.15, 0.2) is 52.9 Å². The summed E-state index contributed by atoms with van der Waals surface area (Å²) >= 11 is 0. The van der Waals surface area contributed by atoms with Gasteiger partial charge in [0.05, 0.1) is 29.4 Å². The fourth-order valence-electron chi connectivity index (χ4n) is 2.66. The SMILES string of the molecule is CCN(c1ccc(/N=C2\C=C(OCCO)C(=N)C=C2N)cc1)C(C)C. The van der Waals surface area contributed by atoms with Crippen LogP contribution in [0.1, 0.15) is 20.8 Å². The first-order valence-electron chi connectivity index (χ1n) is 8.43. The molecule has 25 heavy (non-hydrogen) atoms. The molecular formula is C19H26N4O2. The Morgan fingerprint density at radius 2 is 1.92 bits per heavy atom. The van der Waals surface area contributed by atoms with Gasteiger partial charge >= 0.3 is 0 Å². The van der Waals surface area contributed by atoms with Crippen LogP contribution in [0.5, 0.6) is 0 Å². The van der Waals surface area contributed by atoms with E-state index in [4.69, 9.17) is 21.0 Å². The lowest BCUT2D eigenvalue weighted by Gasteiger charge is -2.27. The van der Waals surface area contributed by atoms with Gasteiger partial charge in [0, 0.05) is 24.4 Å². The summed E-state index contributed by atoms with van der Waals surface area (Å²) in [6.07, 6.45) is 3.14. The number of benzene rings is 1. The number of anilines is 1. The topological polar surface area (TPSA) is 94.9 Å². The Kier molecular flexibility index (Phi) is 6.36. The highest BCUT2D eigenvalue weighted by Gasteiger charge is 2.15. The minimum Gasteiger partial charge on any atom is -0.489 e. The summed E-state index contributed by atoms with van der Waals surface area (Å²) in [7, 11) is 0. The second-order valence-electron chi connectivity index (χ2n) is 5.99. The molecule has 0 radical (unpaired) electrons. The number of ether oxygens (including phenoxy) is 1. The Bertz CT molecular complexity index is 703. The lowest BCUT2D eigenvalue weighted by atomic mass is 10.1. The van der Waals surface area contributed by atoms with Crippen LogP contribution in [0.2, 0.25) is 0 Å². The molecule has 0 saturated carbocycles. The molecule has 1 aliphatic rings. The molecule has 4 N–H and O–H groups in total. The summed E-state index contributed by atoms with van der Waals surface area (Å²) in [5.41, 5.74) is 9.05. The van der Waals surface area contributed by atoms with E-state index in [0.29, 0.717) is 23.2 Å². The first kappa shape index (κ1) is 18.7. The monoisotopic (exact) mass is 342 g/mol. The molecule has 2 rings (SSSR count). The van der Waals surface area contributed by atoms with Gasteiger partial charge in [-0.1, -0.05) is 0 Å². The number of aliphatic hydroxyl groups is 1. The first-order valence-corrected chi connectivity index (χ1v) is 8.43. The number of hydrogen-bond donors (Lipinski definition) is 3. The Labute approximate surface area is 148 Å². The smallest absolute Gasteiger partial charge is 0.146 e. The van der Waals surface area contributed by atoms with E-state index in [1.807, 2.05) is 24.3 Å². The van der Waals surface area contributed by atoms with Gasteiger partial charge in [0.2, 0.25) is 0 Å². The highest BCUT2D eigenvalue weighted by Crippen LogP contribution is 2.23. The van der Waals surface area contributed by atoms with E-state index < -0.39 is 0 Å². The Balaban J connectivity index is 2.24. The van der Waals surface area contributed by atoms with Crippen molar-refractivity contribution in [3.8, 4) is 0 Å². The Hall–Kier alpha value is -2.60. The van der Waals surface area contributed by atoms with Crippen LogP contribution in [-0.4, -0.2) is 42.3 Å². The van der Waals surface area contributed by atoms with Gasteiger partial charge in [-0.15, -0.1) is 0 Å². The average Bonchev–Trinajstić information content (AvgIpc) is 2.58. The molecule has 1 aliphatic carbocycles. The van der Waals surface area contributed by atoms with Crippen molar-refractivity contribution in [1.82, 2.24) is 0 Å². The molecule has 0 aromatic heterocycles. The summed E-state index contributed by atoms with van der Waals surface area (Å²) in [5, 5.41) is 16.7. The van der Waals surface area contributed by atoms with E-state index in [0.717, 1.165) is 17.9 Å². The summed E-state index contributed by atoms with van der Waals surface area (Å²) < 4.78 is 5.35. The number of aliphatic hydroxyl groups excluding tert-OH is 1. The third-order valence-corrected chi connectivity index (χ3v) is 3.87. The van der Waals surface area contributed by atoms with Crippen LogP contribution in [0.3, 0.4) is 0 Å². The van der Waals surface area contributed by atoms with Crippen LogP contribution >= 0.6 is 0 Å². The molecule has 0 spiro atoms. The van der Waals surface area contributed by atoms with E-state index in [2.05, 4.69) is 30.7 Å². The largest absolute Gasteiger partial charge is 0.489 e. The van der Waals surface area contributed by atoms with Gasteiger partial charge in [0.1, 0.15) is 12.4 Å². The van der Waals surface area contributed by atoms with Gasteiger partial charge in [-0.3, -0.25) is 5.41 Å². The number of nitrogens with two attached hydrogens (primary N) is 1. The van der Waals surface area contributed by atoms with E-state index in [1.165, 1.54) is 6.08 Å². The fourth-order valence-corrected chi connectivity index (χ4v) is 2.66. The third kappa shape index (κ3) is 4.70. The number of hydrogen-bond acceptors (Lipinski definition) is 6. The molecule has 0 aliphatic heterocycles. The van der Waals surface area contributed by atoms with Crippen molar-refractivity contribution < 1.29 is 9.84 Å². The lowest BCUT2D eigenvalue weighted by molar-refractivity contribution is 0.156. The molecule has 0 fully saturated rings. The minimum absolute atomic E-state index is 0.110. The molecule has 134 valence electrons. The van der Waals surface area contributed by atoms with E-state index in [9.17, 15) is 0 Å². The normalized spacial score (nSPS) is 16.0. The number of nitrogens with one attached hydrogen (secondary N) is 1. The summed E-state index contributed by atoms with van der Waals surface area (Å²) in [4.78, 5) is 6.85. The molecule has 1 aromatic carbocycles. The number of rotatable bonds is 7. The molecule has 0 amide bonds. The van der Waals surface area contributed by atoms with Crippen molar-refractivity contribution in [3.63, 3.8) is 0 Å². The summed E-state index contributed by atoms with van der Waals surface area (Å²) in [6.45, 7) is 7.43. The highest BCUT2D eigenvalue weighted by molar-refractivity contribution is 6.22. The molecule has 0 saturated heterocycles. The second kappa shape index (κ2) is 8.48. The fraction of sp³-hybridized carbons (Fsp3) is 0.368. The molecule has 1 aromatic rings. The molecule has 0 atom stereocenters. The molecule has 6 nitrogen and oxygen atoms in total. The van der Waals surface area contributed by atoms with Crippen molar-refractivity contribution in [2.75, 3.05) is 24.7 Å². The number of allylic oxidation sites excluding steroid dienone is 2. The first-order chi connectivity index (χ1) is 12.0. The van der Waals surface area contributed by atoms with Crippen LogP contribution in [0.4, 0.5) is 11.4 Å². The van der Waals surface area contributed by atoms with Crippen LogP contribution in [0.25, 0.3) is 0 Å². The third-order valence-electron chi connectivity index (χ3n) is 3.87. The predicted octanol–water partition coefficient (Wildman–Crippen LogP) is 2.76. The predicted molar refractivity (Wildman–Crippen MR) is 103 cm³/mol. The number of nitrogens with zero attached hydrogens (tertiary/aromatic N) is 2. The van der Waals surface area contributed by atoms with Crippen LogP contribution in [-0.2, 0) is 4.74 Å². The molecule has 0 bridgehead atoms. The lowest BCUT2D eigenvalue weighted by Crippen LogP contribution is -2.30. The highest BCUT2D eigenvalue weighted by atomic mass is 16.5. The zero-order valence-corrected chi connectivity index (χ0v) is 15.0. The zero-order valence-electron chi connectivity index (χ0n) is 15.0. The van der Waals surface area contributed by atoms with Crippen molar-refractivity contribution in [1.29, 1.82) is 5.41 Å². The maximum absolute atomic E-state index is 8.87. The Morgan fingerprint density at radius 3 is 2.48 bits per heavy atom. The minimum atomic E-state index is -0.110. The molecular weight excluding hydrogens is 316 g/mol. The van der Waals surface area contributed by atoms with Crippen molar-refractivity contribution in [2.24, 2.45) is 10.7 Å². The maximum Gasteiger partial charge on any atom is 0.146 e. The standard InChI is InChI=1S/C19H26N4O2/c1-4-23(13(2)3)15-7-5-14(6-8-15)22-18-12-19(25-10-9-24)17(21)11-16(18)20/h5-8,11-13,21,24H,4,9-10,20H2,1-3H3/b21-17?,22-18+. The van der Waals surface area contributed by atoms with Crippen molar-refractivity contribution >= 4 is 22.8 Å². The quantitative estimate of drug-likeness (QED) is 0.664. The van der Waals surface area contributed by atoms with Crippen molar-refractivity contribution in [3.05, 3.63) is 47.9 Å².